The quantitative estimate of drug-likeness (QED) is 0.385. The van der Waals surface area contributed by atoms with E-state index in [1.54, 1.807) is 7.11 Å². The second kappa shape index (κ2) is 13.8. The monoisotopic (exact) mass is 565 g/mol. The summed E-state index contributed by atoms with van der Waals surface area (Å²) in [5.74, 6) is 3.34. The van der Waals surface area contributed by atoms with Crippen LogP contribution in [0.15, 0.2) is 30.6 Å². The van der Waals surface area contributed by atoms with E-state index >= 15 is 0 Å². The highest BCUT2D eigenvalue weighted by molar-refractivity contribution is 5.94. The molecule has 0 saturated carbocycles. The van der Waals surface area contributed by atoms with E-state index in [1.165, 1.54) is 6.33 Å². The summed E-state index contributed by atoms with van der Waals surface area (Å²) in [5, 5.41) is 7.62. The molecule has 1 atom stereocenters. The average molecular weight is 566 g/mol. The van der Waals surface area contributed by atoms with Gasteiger partial charge >= 0.3 is 0 Å². The fourth-order valence-corrected chi connectivity index (χ4v) is 4.91. The first-order valence-electron chi connectivity index (χ1n) is 14.2. The van der Waals surface area contributed by atoms with Crippen molar-refractivity contribution >= 4 is 28.2 Å². The van der Waals surface area contributed by atoms with Crippen LogP contribution >= 0.6 is 0 Å². The van der Waals surface area contributed by atoms with Crippen LogP contribution in [0.1, 0.15) is 38.2 Å². The first-order valence-corrected chi connectivity index (χ1v) is 14.2. The molecule has 11 nitrogen and oxygen atoms in total. The van der Waals surface area contributed by atoms with Crippen molar-refractivity contribution in [2.75, 3.05) is 59.2 Å². The van der Waals surface area contributed by atoms with Crippen LogP contribution in [0, 0.1) is 0 Å². The molecule has 1 aromatic heterocycles. The molecule has 11 heteroatoms. The molecule has 0 fully saturated rings. The highest BCUT2D eigenvalue weighted by atomic mass is 16.7. The van der Waals surface area contributed by atoms with E-state index in [9.17, 15) is 4.79 Å². The lowest BCUT2D eigenvalue weighted by Gasteiger charge is -2.25. The minimum absolute atomic E-state index is 0.142. The Hall–Kier alpha value is -3.67. The number of rotatable bonds is 8. The predicted octanol–water partition coefficient (Wildman–Crippen LogP) is 4.06. The standard InChI is InChI=1S/C30H39N5O6/c1-20-24(36)7-4-5-12-38-26-15-22-23(16-27(26)39-13-6-10-31-11-14-37-3)32-18-33-30(22)34-28-21(17-35(20)2)8-9-25-29(28)41-19-40-25/h8-9,15-16,18,20,31H,4-7,10-14,17,19H2,1-3H3,(H,32,33,34)/t20-/m0/s1. The van der Waals surface area contributed by atoms with Gasteiger partial charge in [0.25, 0.3) is 0 Å². The number of carbonyl (C=O) groups excluding carboxylic acids is 1. The summed E-state index contributed by atoms with van der Waals surface area (Å²) < 4.78 is 29.0. The zero-order valence-electron chi connectivity index (χ0n) is 24.0. The molecule has 0 aliphatic carbocycles. The largest absolute Gasteiger partial charge is 0.490 e. The number of fused-ring (bicyclic) bond motifs is 4. The number of hydrogen-bond acceptors (Lipinski definition) is 11. The smallest absolute Gasteiger partial charge is 0.231 e. The summed E-state index contributed by atoms with van der Waals surface area (Å²) in [6.07, 6.45) is 4.36. The van der Waals surface area contributed by atoms with Crippen molar-refractivity contribution in [1.82, 2.24) is 20.2 Å². The topological polar surface area (TPSA) is 116 Å². The van der Waals surface area contributed by atoms with Gasteiger partial charge in [-0.1, -0.05) is 6.07 Å². The number of nitrogens with zero attached hydrogens (tertiary/aromatic N) is 3. The van der Waals surface area contributed by atoms with Crippen LogP contribution in [0.3, 0.4) is 0 Å². The van der Waals surface area contributed by atoms with E-state index in [0.717, 1.165) is 54.5 Å². The third-order valence-electron chi connectivity index (χ3n) is 7.43. The van der Waals surface area contributed by atoms with E-state index in [1.807, 2.05) is 38.2 Å². The molecule has 0 unspecified atom stereocenters. The molecule has 3 aromatic rings. The van der Waals surface area contributed by atoms with Gasteiger partial charge in [0.1, 0.15) is 17.9 Å². The normalized spacial score (nSPS) is 17.7. The molecule has 2 aromatic carbocycles. The van der Waals surface area contributed by atoms with Crippen LogP contribution in [-0.4, -0.2) is 80.6 Å². The predicted molar refractivity (Wildman–Crippen MR) is 156 cm³/mol. The maximum atomic E-state index is 13.0. The van der Waals surface area contributed by atoms with Crippen LogP contribution < -0.4 is 29.6 Å². The minimum Gasteiger partial charge on any atom is -0.490 e. The van der Waals surface area contributed by atoms with Crippen LogP contribution in [0.5, 0.6) is 23.0 Å². The van der Waals surface area contributed by atoms with Gasteiger partial charge in [-0.2, -0.15) is 0 Å². The number of aromatic nitrogens is 2. The Bertz CT molecular complexity index is 1350. The SMILES string of the molecule is COCCNCCCOc1cc2ncnc3c2cc1OCCCCC(=O)[C@H](C)N(C)Cc1ccc2c(c1N3)OCO2. The molecule has 5 rings (SSSR count). The summed E-state index contributed by atoms with van der Waals surface area (Å²) >= 11 is 0. The van der Waals surface area contributed by atoms with Crippen LogP contribution in [0.25, 0.3) is 10.9 Å². The van der Waals surface area contributed by atoms with Gasteiger partial charge in [0.2, 0.25) is 6.79 Å². The lowest BCUT2D eigenvalue weighted by Crippen LogP contribution is -2.35. The number of Topliss-reactive ketones (excluding diaryl/α,β-unsaturated/α-hetero) is 1. The highest BCUT2D eigenvalue weighted by Crippen LogP contribution is 2.44. The number of hydrogen-bond donors (Lipinski definition) is 2. The van der Waals surface area contributed by atoms with Gasteiger partial charge in [-0.05, 0) is 57.5 Å². The second-order valence-corrected chi connectivity index (χ2v) is 10.3. The van der Waals surface area contributed by atoms with Crippen molar-refractivity contribution in [1.29, 1.82) is 0 Å². The fourth-order valence-electron chi connectivity index (χ4n) is 4.91. The van der Waals surface area contributed by atoms with Gasteiger partial charge in [-0.15, -0.1) is 0 Å². The van der Waals surface area contributed by atoms with Crippen molar-refractivity contribution in [3.63, 3.8) is 0 Å². The maximum Gasteiger partial charge on any atom is 0.231 e. The van der Waals surface area contributed by atoms with Gasteiger partial charge in [0, 0.05) is 38.1 Å². The fraction of sp³-hybridized carbons (Fsp3) is 0.500. The Morgan fingerprint density at radius 2 is 2.00 bits per heavy atom. The highest BCUT2D eigenvalue weighted by Gasteiger charge is 2.25. The van der Waals surface area contributed by atoms with Crippen molar-refractivity contribution < 1.29 is 28.5 Å². The van der Waals surface area contributed by atoms with Gasteiger partial charge in [0.15, 0.2) is 23.0 Å². The summed E-state index contributed by atoms with van der Waals surface area (Å²) in [5.41, 5.74) is 2.44. The average Bonchev–Trinajstić information content (AvgIpc) is 3.46. The van der Waals surface area contributed by atoms with Gasteiger partial charge < -0.3 is 34.3 Å². The van der Waals surface area contributed by atoms with Crippen molar-refractivity contribution in [2.24, 2.45) is 0 Å². The number of anilines is 2. The molecular weight excluding hydrogens is 526 g/mol. The third kappa shape index (κ3) is 6.98. The Morgan fingerprint density at radius 3 is 2.88 bits per heavy atom. The third-order valence-corrected chi connectivity index (χ3v) is 7.43. The molecular formula is C30H39N5O6. The number of ketones is 1. The Balaban J connectivity index is 1.48. The van der Waals surface area contributed by atoms with E-state index in [-0.39, 0.29) is 18.6 Å². The zero-order valence-corrected chi connectivity index (χ0v) is 24.0. The first-order chi connectivity index (χ1) is 20.0. The minimum atomic E-state index is -0.232. The number of carbonyl (C=O) groups is 1. The molecule has 0 saturated heterocycles. The molecule has 41 heavy (non-hydrogen) atoms. The number of likely N-dealkylation sites (N-methyl/N-ethyl adjacent to an activating group) is 1. The molecule has 0 spiro atoms. The number of nitrogens with one attached hydrogen (secondary N) is 2. The first kappa shape index (κ1) is 28.8. The molecule has 3 heterocycles. The Labute approximate surface area is 240 Å². The van der Waals surface area contributed by atoms with Crippen LogP contribution in [-0.2, 0) is 16.1 Å². The summed E-state index contributed by atoms with van der Waals surface area (Å²) in [6, 6.07) is 7.50. The molecule has 2 aliphatic heterocycles. The molecule has 0 radical (unpaired) electrons. The number of methoxy groups -OCH3 is 1. The number of benzene rings is 2. The molecule has 220 valence electrons. The Morgan fingerprint density at radius 1 is 1.10 bits per heavy atom. The summed E-state index contributed by atoms with van der Waals surface area (Å²) in [7, 11) is 3.66. The summed E-state index contributed by atoms with van der Waals surface area (Å²) in [4.78, 5) is 24.1. The van der Waals surface area contributed by atoms with Gasteiger partial charge in [0.05, 0.1) is 37.1 Å². The lowest BCUT2D eigenvalue weighted by atomic mass is 10.0. The molecule has 0 amide bonds. The maximum absolute atomic E-state index is 13.0. The molecule has 2 N–H and O–H groups in total. The second-order valence-electron chi connectivity index (χ2n) is 10.3. The van der Waals surface area contributed by atoms with Gasteiger partial charge in [-0.25, -0.2) is 9.97 Å². The van der Waals surface area contributed by atoms with Crippen molar-refractivity contribution in [3.05, 3.63) is 36.2 Å². The van der Waals surface area contributed by atoms with Crippen LogP contribution in [0.4, 0.5) is 11.5 Å². The number of ether oxygens (including phenoxy) is 5. The lowest BCUT2D eigenvalue weighted by molar-refractivity contribution is -0.123. The van der Waals surface area contributed by atoms with E-state index in [2.05, 4.69) is 25.5 Å². The van der Waals surface area contributed by atoms with E-state index < -0.39 is 0 Å². The van der Waals surface area contributed by atoms with Crippen LogP contribution in [0.2, 0.25) is 0 Å². The van der Waals surface area contributed by atoms with Crippen molar-refractivity contribution in [3.8, 4) is 23.0 Å². The van der Waals surface area contributed by atoms with E-state index in [4.69, 9.17) is 23.7 Å². The Kier molecular flexibility index (Phi) is 9.71. The zero-order chi connectivity index (χ0) is 28.6. The molecule has 2 aliphatic rings. The van der Waals surface area contributed by atoms with Gasteiger partial charge in [-0.3, -0.25) is 9.69 Å². The van der Waals surface area contributed by atoms with Crippen molar-refractivity contribution in [2.45, 2.75) is 45.2 Å². The molecule has 2 bridgehead atoms. The summed E-state index contributed by atoms with van der Waals surface area (Å²) in [6.45, 7) is 5.93. The van der Waals surface area contributed by atoms with E-state index in [0.29, 0.717) is 61.6 Å².